The van der Waals surface area contributed by atoms with Crippen LogP contribution in [-0.2, 0) is 13.0 Å². The standard InChI is InChI=1S/C21H20FN3O2/c1-12-9-13(11-23)16(22)10-15(12)18-19-21(26)24(14-4-5-14)6-7-25(19)17-3-2-8-27-20(17)18/h9-10,14H,2-8H2,1H3. The summed E-state index contributed by atoms with van der Waals surface area (Å²) in [5.74, 6) is 0.167. The molecule has 1 fully saturated rings. The number of carbonyl (C=O) groups is 1. The summed E-state index contributed by atoms with van der Waals surface area (Å²) in [6.07, 6.45) is 3.89. The van der Waals surface area contributed by atoms with E-state index in [9.17, 15) is 9.18 Å². The second kappa shape index (κ2) is 5.85. The van der Waals surface area contributed by atoms with Crippen LogP contribution in [0.3, 0.4) is 0 Å². The van der Waals surface area contributed by atoms with Crippen LogP contribution in [0.2, 0.25) is 0 Å². The third-order valence-electron chi connectivity index (χ3n) is 5.85. The van der Waals surface area contributed by atoms with Gasteiger partial charge in [0, 0.05) is 19.1 Å². The number of nitrogens with zero attached hydrogens (tertiary/aromatic N) is 3. The van der Waals surface area contributed by atoms with Crippen molar-refractivity contribution in [2.75, 3.05) is 13.2 Å². The predicted molar refractivity (Wildman–Crippen MR) is 97.2 cm³/mol. The van der Waals surface area contributed by atoms with Crippen molar-refractivity contribution in [3.05, 3.63) is 40.5 Å². The molecule has 1 aromatic heterocycles. The van der Waals surface area contributed by atoms with Gasteiger partial charge in [-0.3, -0.25) is 4.79 Å². The predicted octanol–water partition coefficient (Wildman–Crippen LogP) is 3.42. The molecule has 0 unspecified atom stereocenters. The molecule has 0 saturated heterocycles. The Hall–Kier alpha value is -2.81. The van der Waals surface area contributed by atoms with Gasteiger partial charge in [0.15, 0.2) is 0 Å². The van der Waals surface area contributed by atoms with E-state index < -0.39 is 5.82 Å². The van der Waals surface area contributed by atoms with Crippen molar-refractivity contribution in [3.8, 4) is 22.9 Å². The molecular formula is C21H20FN3O2. The van der Waals surface area contributed by atoms with Crippen LogP contribution in [0.25, 0.3) is 11.1 Å². The number of hydrogen-bond acceptors (Lipinski definition) is 3. The molecule has 5 nitrogen and oxygen atoms in total. The van der Waals surface area contributed by atoms with Gasteiger partial charge in [0.1, 0.15) is 23.3 Å². The maximum Gasteiger partial charge on any atom is 0.271 e. The van der Waals surface area contributed by atoms with E-state index in [-0.39, 0.29) is 11.5 Å². The van der Waals surface area contributed by atoms with Gasteiger partial charge in [0.25, 0.3) is 5.91 Å². The maximum atomic E-state index is 14.4. The molecule has 27 heavy (non-hydrogen) atoms. The van der Waals surface area contributed by atoms with E-state index in [0.29, 0.717) is 29.5 Å². The zero-order chi connectivity index (χ0) is 18.7. The highest BCUT2D eigenvalue weighted by Gasteiger charge is 2.41. The first-order valence-corrected chi connectivity index (χ1v) is 9.50. The lowest BCUT2D eigenvalue weighted by atomic mass is 9.96. The number of fused-ring (bicyclic) bond motifs is 3. The molecule has 138 valence electrons. The summed E-state index contributed by atoms with van der Waals surface area (Å²) < 4.78 is 22.5. The fourth-order valence-corrected chi connectivity index (χ4v) is 4.40. The summed E-state index contributed by atoms with van der Waals surface area (Å²) in [7, 11) is 0. The Morgan fingerprint density at radius 2 is 2.11 bits per heavy atom. The molecule has 2 aromatic rings. The maximum absolute atomic E-state index is 14.4. The highest BCUT2D eigenvalue weighted by Crippen LogP contribution is 2.45. The second-order valence-corrected chi connectivity index (χ2v) is 7.59. The minimum atomic E-state index is -0.565. The van der Waals surface area contributed by atoms with Gasteiger partial charge in [-0.1, -0.05) is 0 Å². The lowest BCUT2D eigenvalue weighted by Crippen LogP contribution is -2.42. The number of nitriles is 1. The Morgan fingerprint density at radius 3 is 2.85 bits per heavy atom. The Kier molecular flexibility index (Phi) is 3.55. The van der Waals surface area contributed by atoms with E-state index in [0.717, 1.165) is 55.8 Å². The highest BCUT2D eigenvalue weighted by atomic mass is 19.1. The number of benzene rings is 1. The van der Waals surface area contributed by atoms with Crippen LogP contribution in [0.4, 0.5) is 4.39 Å². The Labute approximate surface area is 156 Å². The van der Waals surface area contributed by atoms with Crippen LogP contribution in [0.1, 0.15) is 46.6 Å². The molecule has 6 heteroatoms. The van der Waals surface area contributed by atoms with Crippen LogP contribution in [0.15, 0.2) is 12.1 Å². The SMILES string of the molecule is Cc1cc(C#N)c(F)cc1-c1c2c(n3c1C(=O)N(C1CC1)CC3)CCCO2. The summed E-state index contributed by atoms with van der Waals surface area (Å²) in [5.41, 5.74) is 3.79. The molecule has 3 aliphatic rings. The Morgan fingerprint density at radius 1 is 1.30 bits per heavy atom. The van der Waals surface area contributed by atoms with E-state index in [1.807, 2.05) is 17.9 Å². The molecule has 1 aliphatic carbocycles. The third-order valence-corrected chi connectivity index (χ3v) is 5.85. The van der Waals surface area contributed by atoms with Gasteiger partial charge in [-0.05, 0) is 55.9 Å². The highest BCUT2D eigenvalue weighted by molar-refractivity contribution is 6.03. The molecule has 2 aliphatic heterocycles. The lowest BCUT2D eigenvalue weighted by molar-refractivity contribution is 0.0690. The fourth-order valence-electron chi connectivity index (χ4n) is 4.40. The van der Waals surface area contributed by atoms with Gasteiger partial charge in [-0.2, -0.15) is 5.26 Å². The average Bonchev–Trinajstić information content (AvgIpc) is 3.45. The zero-order valence-electron chi connectivity index (χ0n) is 15.2. The van der Waals surface area contributed by atoms with Crippen LogP contribution < -0.4 is 4.74 Å². The Bertz CT molecular complexity index is 1010. The van der Waals surface area contributed by atoms with Crippen LogP contribution >= 0.6 is 0 Å². The Balaban J connectivity index is 1.76. The molecule has 0 bridgehead atoms. The number of amides is 1. The zero-order valence-corrected chi connectivity index (χ0v) is 15.2. The van der Waals surface area contributed by atoms with Crippen molar-refractivity contribution in [2.45, 2.75) is 45.2 Å². The summed E-state index contributed by atoms with van der Waals surface area (Å²) >= 11 is 0. The fraction of sp³-hybridized carbons (Fsp3) is 0.429. The lowest BCUT2D eigenvalue weighted by Gasteiger charge is -2.30. The van der Waals surface area contributed by atoms with Gasteiger partial charge in [0.2, 0.25) is 0 Å². The number of ether oxygens (including phenoxy) is 1. The monoisotopic (exact) mass is 365 g/mol. The van der Waals surface area contributed by atoms with Crippen LogP contribution in [-0.4, -0.2) is 34.6 Å². The first-order valence-electron chi connectivity index (χ1n) is 9.50. The molecule has 0 spiro atoms. The van der Waals surface area contributed by atoms with Gasteiger partial charge in [0.05, 0.1) is 23.4 Å². The minimum Gasteiger partial charge on any atom is -0.491 e. The summed E-state index contributed by atoms with van der Waals surface area (Å²) in [6, 6.07) is 5.16. The van der Waals surface area contributed by atoms with Crippen molar-refractivity contribution >= 4 is 5.91 Å². The van der Waals surface area contributed by atoms with E-state index in [4.69, 9.17) is 10.00 Å². The topological polar surface area (TPSA) is 58.3 Å². The largest absolute Gasteiger partial charge is 0.491 e. The number of carbonyl (C=O) groups excluding carboxylic acids is 1. The number of aromatic nitrogens is 1. The van der Waals surface area contributed by atoms with Gasteiger partial charge < -0.3 is 14.2 Å². The van der Waals surface area contributed by atoms with Crippen molar-refractivity contribution in [1.29, 1.82) is 5.26 Å². The quantitative estimate of drug-likeness (QED) is 0.819. The van der Waals surface area contributed by atoms with Gasteiger partial charge in [-0.25, -0.2) is 4.39 Å². The van der Waals surface area contributed by atoms with E-state index in [2.05, 4.69) is 4.57 Å². The van der Waals surface area contributed by atoms with Crippen LogP contribution in [0, 0.1) is 24.1 Å². The molecule has 1 amide bonds. The van der Waals surface area contributed by atoms with Gasteiger partial charge >= 0.3 is 0 Å². The van der Waals surface area contributed by atoms with E-state index in [1.165, 1.54) is 6.07 Å². The van der Waals surface area contributed by atoms with Crippen molar-refractivity contribution in [1.82, 2.24) is 9.47 Å². The number of rotatable bonds is 2. The molecule has 0 radical (unpaired) electrons. The molecule has 3 heterocycles. The van der Waals surface area contributed by atoms with Gasteiger partial charge in [-0.15, -0.1) is 0 Å². The number of halogens is 1. The summed E-state index contributed by atoms with van der Waals surface area (Å²) in [4.78, 5) is 15.3. The average molecular weight is 365 g/mol. The smallest absolute Gasteiger partial charge is 0.271 e. The molecule has 5 rings (SSSR count). The number of hydrogen-bond donors (Lipinski definition) is 0. The molecule has 0 atom stereocenters. The summed E-state index contributed by atoms with van der Waals surface area (Å²) in [5, 5.41) is 9.11. The van der Waals surface area contributed by atoms with E-state index >= 15 is 0 Å². The first kappa shape index (κ1) is 16.4. The van der Waals surface area contributed by atoms with E-state index in [1.54, 1.807) is 6.07 Å². The van der Waals surface area contributed by atoms with Crippen molar-refractivity contribution < 1.29 is 13.9 Å². The molecule has 1 aromatic carbocycles. The first-order chi connectivity index (χ1) is 13.1. The molecule has 0 N–H and O–H groups in total. The summed E-state index contributed by atoms with van der Waals surface area (Å²) in [6.45, 7) is 3.92. The third kappa shape index (κ3) is 2.38. The van der Waals surface area contributed by atoms with Crippen molar-refractivity contribution in [3.63, 3.8) is 0 Å². The molecular weight excluding hydrogens is 345 g/mol. The molecule has 1 saturated carbocycles. The second-order valence-electron chi connectivity index (χ2n) is 7.59. The number of aryl methyl sites for hydroxylation is 1. The van der Waals surface area contributed by atoms with Crippen LogP contribution in [0.5, 0.6) is 5.75 Å². The minimum absolute atomic E-state index is 0.0147. The van der Waals surface area contributed by atoms with Crippen molar-refractivity contribution in [2.24, 2.45) is 0 Å². The normalized spacial score (nSPS) is 18.6.